The Kier molecular flexibility index (Phi) is 28.8. The zero-order valence-electron chi connectivity index (χ0n) is 30.2. The van der Waals surface area contributed by atoms with Crippen LogP contribution in [0, 0.1) is 0 Å². The smallest absolute Gasteiger partial charge is 0.306 e. The Bertz CT molecular complexity index is 954. The lowest BCUT2D eigenvalue weighted by Crippen LogP contribution is -2.37. The van der Waals surface area contributed by atoms with Crippen molar-refractivity contribution in [3.05, 3.63) is 48.6 Å². The predicted octanol–water partition coefficient (Wildman–Crippen LogP) is 8.55. The number of esters is 2. The Morgan fingerprint density at radius 1 is 0.681 bits per heavy atom. The molecule has 0 spiro atoms. The van der Waals surface area contributed by atoms with Crippen LogP contribution in [0.1, 0.15) is 123 Å². The van der Waals surface area contributed by atoms with Crippen LogP contribution >= 0.6 is 7.82 Å². The van der Waals surface area contributed by atoms with Crippen LogP contribution in [-0.4, -0.2) is 70.0 Å². The second-order valence-corrected chi connectivity index (χ2v) is 14.3. The topological polar surface area (TPSA) is 111 Å². The molecular weight excluding hydrogens is 617 g/mol. The van der Waals surface area contributed by atoms with Crippen LogP contribution in [0.5, 0.6) is 0 Å². The van der Waals surface area contributed by atoms with Gasteiger partial charge in [0, 0.05) is 12.8 Å². The maximum atomic E-state index is 12.6. The summed E-state index contributed by atoms with van der Waals surface area (Å²) in [6, 6.07) is 0. The van der Waals surface area contributed by atoms with Gasteiger partial charge in [0.15, 0.2) is 6.10 Å². The number of unbranched alkanes of at least 4 members (excludes halogenated alkanes) is 11. The molecule has 0 aromatic carbocycles. The van der Waals surface area contributed by atoms with Crippen LogP contribution in [0.3, 0.4) is 0 Å². The van der Waals surface area contributed by atoms with Crippen LogP contribution in [0.25, 0.3) is 0 Å². The Labute approximate surface area is 286 Å². The van der Waals surface area contributed by atoms with Gasteiger partial charge in [-0.3, -0.25) is 14.2 Å². The van der Waals surface area contributed by atoms with Gasteiger partial charge in [0.25, 0.3) is 7.82 Å². The molecule has 0 aliphatic heterocycles. The summed E-state index contributed by atoms with van der Waals surface area (Å²) in [4.78, 5) is 37.2. The summed E-state index contributed by atoms with van der Waals surface area (Å²) in [5.74, 6) is -0.883. The molecule has 0 saturated heterocycles. The number of phosphoric acid groups is 1. The summed E-state index contributed by atoms with van der Waals surface area (Å²) in [6.45, 7) is 3.97. The Morgan fingerprint density at radius 2 is 1.23 bits per heavy atom. The fraction of sp³-hybridized carbons (Fsp3) is 0.730. The average Bonchev–Trinajstić information content (AvgIpc) is 3.01. The molecule has 9 nitrogen and oxygen atoms in total. The average molecular weight is 684 g/mol. The van der Waals surface area contributed by atoms with Gasteiger partial charge in [0.2, 0.25) is 0 Å². The van der Waals surface area contributed by atoms with Gasteiger partial charge in [0.05, 0.1) is 27.7 Å². The van der Waals surface area contributed by atoms with E-state index in [1.165, 1.54) is 12.8 Å². The van der Waals surface area contributed by atoms with Gasteiger partial charge in [-0.15, -0.1) is 0 Å². The van der Waals surface area contributed by atoms with Crippen molar-refractivity contribution >= 4 is 19.8 Å². The number of nitrogens with zero attached hydrogens (tertiary/aromatic N) is 1. The molecule has 272 valence electrons. The number of phosphoric ester groups is 1. The molecule has 0 aliphatic rings. The van der Waals surface area contributed by atoms with E-state index in [2.05, 4.69) is 44.2 Å². The van der Waals surface area contributed by atoms with Crippen molar-refractivity contribution in [1.29, 1.82) is 0 Å². The van der Waals surface area contributed by atoms with E-state index in [1.807, 2.05) is 39.4 Å². The first kappa shape index (κ1) is 45.0. The van der Waals surface area contributed by atoms with Crippen molar-refractivity contribution in [3.63, 3.8) is 0 Å². The molecule has 0 aliphatic carbocycles. The number of ether oxygens (including phenoxy) is 2. The minimum atomic E-state index is -4.62. The van der Waals surface area contributed by atoms with Gasteiger partial charge in [-0.25, -0.2) is 0 Å². The maximum Gasteiger partial charge on any atom is 0.306 e. The second-order valence-electron chi connectivity index (χ2n) is 12.9. The molecule has 0 rings (SSSR count). The van der Waals surface area contributed by atoms with Crippen LogP contribution in [-0.2, 0) is 32.7 Å². The van der Waals surface area contributed by atoms with Gasteiger partial charge in [-0.2, -0.15) is 0 Å². The summed E-state index contributed by atoms with van der Waals surface area (Å²) in [5, 5.41) is 0. The molecule has 0 bridgehead atoms. The van der Waals surface area contributed by atoms with E-state index in [0.29, 0.717) is 23.9 Å². The van der Waals surface area contributed by atoms with Gasteiger partial charge < -0.3 is 27.9 Å². The molecule has 10 heteroatoms. The van der Waals surface area contributed by atoms with Gasteiger partial charge in [0.1, 0.15) is 19.8 Å². The highest BCUT2D eigenvalue weighted by Crippen LogP contribution is 2.38. The van der Waals surface area contributed by atoms with Crippen molar-refractivity contribution in [2.24, 2.45) is 0 Å². The molecule has 0 radical (unpaired) electrons. The number of hydrogen-bond acceptors (Lipinski definition) is 8. The second kappa shape index (κ2) is 30.1. The van der Waals surface area contributed by atoms with Crippen molar-refractivity contribution in [1.82, 2.24) is 0 Å². The molecule has 2 atom stereocenters. The predicted molar refractivity (Wildman–Crippen MR) is 190 cm³/mol. The highest BCUT2D eigenvalue weighted by molar-refractivity contribution is 7.45. The molecule has 0 heterocycles. The number of quaternary nitrogens is 1. The normalized spacial score (nSPS) is 14.4. The standard InChI is InChI=1S/C37H66NO8P/c1-6-8-10-12-14-16-18-19-20-22-24-26-28-30-37(40)46-35(34-45-47(41,42)44-32-31-38(3,4)5)33-43-36(39)29-27-25-23-21-17-15-13-11-9-7-2/h8,10,12-16,18,35H,6-7,9,11,17,19-34H2,1-5H3/b10-8+,14-12+,15-13+,18-16+. The molecule has 0 fully saturated rings. The third-order valence-electron chi connectivity index (χ3n) is 7.14. The maximum absolute atomic E-state index is 12.6. The monoisotopic (exact) mass is 683 g/mol. The van der Waals surface area contributed by atoms with Crippen molar-refractivity contribution in [2.75, 3.05) is 47.5 Å². The number of hydrogen-bond donors (Lipinski definition) is 0. The SMILES string of the molecule is CC/C=C/C=C/C=C/CCCCCCCC(=O)OC(COC(=O)CCCCCC/C=C/CCCC)COP(=O)([O-])OCC[N+](C)(C)C. The number of allylic oxidation sites excluding steroid dienone is 8. The summed E-state index contributed by atoms with van der Waals surface area (Å²) in [5.41, 5.74) is 0. The van der Waals surface area contributed by atoms with E-state index >= 15 is 0 Å². The first-order valence-corrected chi connectivity index (χ1v) is 19.3. The fourth-order valence-corrected chi connectivity index (χ4v) is 5.01. The third-order valence-corrected chi connectivity index (χ3v) is 8.11. The molecule has 0 N–H and O–H groups in total. The lowest BCUT2D eigenvalue weighted by atomic mass is 10.1. The van der Waals surface area contributed by atoms with Gasteiger partial charge in [-0.05, 0) is 51.4 Å². The zero-order chi connectivity index (χ0) is 35.1. The number of likely N-dealkylation sites (N-methyl/N-ethyl adjacent to an activating group) is 1. The van der Waals surface area contributed by atoms with Crippen molar-refractivity contribution < 1.29 is 42.1 Å². The Hall–Kier alpha value is -2.03. The molecule has 0 aromatic rings. The van der Waals surface area contributed by atoms with E-state index in [-0.39, 0.29) is 26.1 Å². The Morgan fingerprint density at radius 3 is 1.85 bits per heavy atom. The van der Waals surface area contributed by atoms with Crippen LogP contribution in [0.15, 0.2) is 48.6 Å². The lowest BCUT2D eigenvalue weighted by Gasteiger charge is -2.28. The Balaban J connectivity index is 4.54. The minimum absolute atomic E-state index is 0.0388. The third kappa shape index (κ3) is 33.7. The van der Waals surface area contributed by atoms with E-state index < -0.39 is 32.5 Å². The molecule has 0 aromatic heterocycles. The molecular formula is C37H66NO8P. The molecule has 47 heavy (non-hydrogen) atoms. The highest BCUT2D eigenvalue weighted by atomic mass is 31.2. The summed E-state index contributed by atoms with van der Waals surface area (Å²) < 4.78 is 33.6. The number of carbonyl (C=O) groups is 2. The summed E-state index contributed by atoms with van der Waals surface area (Å²) >= 11 is 0. The minimum Gasteiger partial charge on any atom is -0.756 e. The quantitative estimate of drug-likeness (QED) is 0.0179. The van der Waals surface area contributed by atoms with Crippen LogP contribution < -0.4 is 4.89 Å². The highest BCUT2D eigenvalue weighted by Gasteiger charge is 2.21. The zero-order valence-corrected chi connectivity index (χ0v) is 31.1. The first-order chi connectivity index (χ1) is 22.5. The largest absolute Gasteiger partial charge is 0.756 e. The van der Waals surface area contributed by atoms with E-state index in [4.69, 9.17) is 18.5 Å². The van der Waals surface area contributed by atoms with Crippen molar-refractivity contribution in [3.8, 4) is 0 Å². The summed E-state index contributed by atoms with van der Waals surface area (Å²) in [7, 11) is 1.13. The van der Waals surface area contributed by atoms with E-state index in [0.717, 1.165) is 70.6 Å². The molecule has 2 unspecified atom stereocenters. The fourth-order valence-electron chi connectivity index (χ4n) is 4.28. The summed E-state index contributed by atoms with van der Waals surface area (Å²) in [6.07, 6.45) is 31.5. The van der Waals surface area contributed by atoms with E-state index in [1.54, 1.807) is 0 Å². The molecule has 0 amide bonds. The lowest BCUT2D eigenvalue weighted by molar-refractivity contribution is -0.870. The van der Waals surface area contributed by atoms with Gasteiger partial charge in [-0.1, -0.05) is 107 Å². The first-order valence-electron chi connectivity index (χ1n) is 17.9. The van der Waals surface area contributed by atoms with E-state index in [9.17, 15) is 19.0 Å². The molecule has 0 saturated carbocycles. The van der Waals surface area contributed by atoms with Gasteiger partial charge >= 0.3 is 11.9 Å². The number of rotatable bonds is 31. The number of carbonyl (C=O) groups excluding carboxylic acids is 2. The van der Waals surface area contributed by atoms with Crippen molar-refractivity contribution in [2.45, 2.75) is 129 Å². The van der Waals surface area contributed by atoms with Crippen LogP contribution in [0.2, 0.25) is 0 Å². The van der Waals surface area contributed by atoms with Crippen LogP contribution in [0.4, 0.5) is 0 Å².